The number of nitrogens with zero attached hydrogens (tertiary/aromatic N) is 4. The van der Waals surface area contributed by atoms with Gasteiger partial charge in [-0.1, -0.05) is 6.92 Å². The lowest BCUT2D eigenvalue weighted by Crippen LogP contribution is -2.34. The number of likely N-dealkylation sites (N-methyl/N-ethyl adjacent to an activating group) is 1. The van der Waals surface area contributed by atoms with Crippen LogP contribution in [0.1, 0.15) is 25.2 Å². The van der Waals surface area contributed by atoms with E-state index >= 15 is 0 Å². The molecule has 0 saturated heterocycles. The molecule has 0 radical (unpaired) electrons. The zero-order valence-corrected chi connectivity index (χ0v) is 11.6. The highest BCUT2D eigenvalue weighted by Gasteiger charge is 2.13. The molecule has 0 saturated carbocycles. The van der Waals surface area contributed by atoms with Crippen molar-refractivity contribution in [1.29, 1.82) is 0 Å². The van der Waals surface area contributed by atoms with Gasteiger partial charge in [-0.05, 0) is 37.6 Å². The van der Waals surface area contributed by atoms with Crippen LogP contribution in [-0.4, -0.2) is 32.3 Å². The molecule has 0 bridgehead atoms. The molecule has 0 aliphatic carbocycles. The van der Waals surface area contributed by atoms with Crippen molar-refractivity contribution in [2.45, 2.75) is 39.3 Å². The minimum absolute atomic E-state index is 0.377. The third kappa shape index (κ3) is 3.86. The molecule has 5 nitrogen and oxygen atoms in total. The van der Waals surface area contributed by atoms with Gasteiger partial charge in [0, 0.05) is 31.4 Å². The first-order chi connectivity index (χ1) is 9.33. The molecular weight excluding hydrogens is 238 g/mol. The van der Waals surface area contributed by atoms with Gasteiger partial charge in [0.1, 0.15) is 12.2 Å². The average molecular weight is 259 g/mol. The van der Waals surface area contributed by atoms with Gasteiger partial charge < -0.3 is 5.32 Å². The fraction of sp³-hybridized carbons (Fsp3) is 0.500. The molecule has 0 aromatic carbocycles. The SMILES string of the molecule is CCNC(Cc1ccncc1)Cc1ncnn1CC. The third-order valence-corrected chi connectivity index (χ3v) is 3.15. The quantitative estimate of drug-likeness (QED) is 0.818. The van der Waals surface area contributed by atoms with Gasteiger partial charge in [0.15, 0.2) is 0 Å². The Labute approximate surface area is 114 Å². The molecule has 102 valence electrons. The summed E-state index contributed by atoms with van der Waals surface area (Å²) in [6, 6.07) is 4.51. The van der Waals surface area contributed by atoms with E-state index in [1.807, 2.05) is 17.1 Å². The molecule has 0 fully saturated rings. The summed E-state index contributed by atoms with van der Waals surface area (Å²) >= 11 is 0. The van der Waals surface area contributed by atoms with E-state index in [2.05, 4.69) is 46.4 Å². The number of nitrogens with one attached hydrogen (secondary N) is 1. The molecule has 2 aromatic heterocycles. The van der Waals surface area contributed by atoms with Gasteiger partial charge in [-0.3, -0.25) is 9.67 Å². The smallest absolute Gasteiger partial charge is 0.138 e. The van der Waals surface area contributed by atoms with E-state index in [0.717, 1.165) is 31.8 Å². The molecule has 1 atom stereocenters. The van der Waals surface area contributed by atoms with E-state index in [-0.39, 0.29) is 0 Å². The number of hydrogen-bond acceptors (Lipinski definition) is 4. The summed E-state index contributed by atoms with van der Waals surface area (Å²) in [5, 5.41) is 7.74. The van der Waals surface area contributed by atoms with Crippen LogP contribution in [0.5, 0.6) is 0 Å². The first kappa shape index (κ1) is 13.7. The van der Waals surface area contributed by atoms with Gasteiger partial charge in [0.05, 0.1) is 0 Å². The Kier molecular flexibility index (Phi) is 5.03. The largest absolute Gasteiger partial charge is 0.313 e. The molecule has 0 amide bonds. The van der Waals surface area contributed by atoms with E-state index in [0.29, 0.717) is 6.04 Å². The zero-order valence-electron chi connectivity index (χ0n) is 11.6. The fourth-order valence-corrected chi connectivity index (χ4v) is 2.24. The molecule has 1 N–H and O–H groups in total. The van der Waals surface area contributed by atoms with Crippen molar-refractivity contribution >= 4 is 0 Å². The van der Waals surface area contributed by atoms with Crippen molar-refractivity contribution < 1.29 is 0 Å². The van der Waals surface area contributed by atoms with Crippen LogP contribution in [0.15, 0.2) is 30.9 Å². The number of aryl methyl sites for hydroxylation is 1. The van der Waals surface area contributed by atoms with E-state index < -0.39 is 0 Å². The van der Waals surface area contributed by atoms with Crippen LogP contribution < -0.4 is 5.32 Å². The van der Waals surface area contributed by atoms with Gasteiger partial charge in [-0.15, -0.1) is 0 Å². The van der Waals surface area contributed by atoms with Crippen molar-refractivity contribution in [3.8, 4) is 0 Å². The Balaban J connectivity index is 2.04. The van der Waals surface area contributed by atoms with Gasteiger partial charge in [-0.2, -0.15) is 5.10 Å². The molecule has 2 rings (SSSR count). The number of pyridine rings is 1. The fourth-order valence-electron chi connectivity index (χ4n) is 2.24. The maximum Gasteiger partial charge on any atom is 0.138 e. The molecule has 19 heavy (non-hydrogen) atoms. The second kappa shape index (κ2) is 6.99. The first-order valence-corrected chi connectivity index (χ1v) is 6.82. The van der Waals surface area contributed by atoms with E-state index in [1.165, 1.54) is 5.56 Å². The topological polar surface area (TPSA) is 55.6 Å². The summed E-state index contributed by atoms with van der Waals surface area (Å²) in [7, 11) is 0. The van der Waals surface area contributed by atoms with Crippen molar-refractivity contribution in [3.05, 3.63) is 42.2 Å². The molecule has 0 aliphatic heterocycles. The van der Waals surface area contributed by atoms with Crippen LogP contribution in [0.2, 0.25) is 0 Å². The van der Waals surface area contributed by atoms with Crippen LogP contribution >= 0.6 is 0 Å². The number of hydrogen-bond donors (Lipinski definition) is 1. The summed E-state index contributed by atoms with van der Waals surface area (Å²) in [6.45, 7) is 6.03. The monoisotopic (exact) mass is 259 g/mol. The summed E-state index contributed by atoms with van der Waals surface area (Å²) < 4.78 is 1.96. The van der Waals surface area contributed by atoms with Crippen LogP contribution in [0, 0.1) is 0 Å². The second-order valence-electron chi connectivity index (χ2n) is 4.51. The first-order valence-electron chi connectivity index (χ1n) is 6.82. The lowest BCUT2D eigenvalue weighted by Gasteiger charge is -2.17. The highest BCUT2D eigenvalue weighted by Crippen LogP contribution is 2.07. The van der Waals surface area contributed by atoms with Gasteiger partial charge in [-0.25, -0.2) is 4.98 Å². The lowest BCUT2D eigenvalue weighted by molar-refractivity contribution is 0.489. The molecule has 5 heteroatoms. The molecule has 1 unspecified atom stereocenters. The molecule has 2 heterocycles. The van der Waals surface area contributed by atoms with Crippen LogP contribution in [0.4, 0.5) is 0 Å². The maximum atomic E-state index is 4.35. The minimum Gasteiger partial charge on any atom is -0.313 e. The van der Waals surface area contributed by atoms with Crippen molar-refractivity contribution in [2.75, 3.05) is 6.54 Å². The van der Waals surface area contributed by atoms with Gasteiger partial charge >= 0.3 is 0 Å². The molecule has 0 spiro atoms. The second-order valence-corrected chi connectivity index (χ2v) is 4.51. The predicted molar refractivity (Wildman–Crippen MR) is 74.8 cm³/mol. The maximum absolute atomic E-state index is 4.35. The van der Waals surface area contributed by atoms with Crippen molar-refractivity contribution in [1.82, 2.24) is 25.1 Å². The van der Waals surface area contributed by atoms with Crippen LogP contribution in [-0.2, 0) is 19.4 Å². The Morgan fingerprint density at radius 3 is 2.68 bits per heavy atom. The van der Waals surface area contributed by atoms with Gasteiger partial charge in [0.25, 0.3) is 0 Å². The average Bonchev–Trinajstić information content (AvgIpc) is 2.87. The normalized spacial score (nSPS) is 12.5. The highest BCUT2D eigenvalue weighted by molar-refractivity contribution is 5.12. The van der Waals surface area contributed by atoms with Crippen LogP contribution in [0.3, 0.4) is 0 Å². The minimum atomic E-state index is 0.377. The van der Waals surface area contributed by atoms with E-state index in [4.69, 9.17) is 0 Å². The molecule has 0 aliphatic rings. The molecular formula is C14H21N5. The Bertz CT molecular complexity index is 480. The van der Waals surface area contributed by atoms with Crippen molar-refractivity contribution in [2.24, 2.45) is 0 Å². The summed E-state index contributed by atoms with van der Waals surface area (Å²) in [5.41, 5.74) is 1.29. The van der Waals surface area contributed by atoms with E-state index in [9.17, 15) is 0 Å². The number of aromatic nitrogens is 4. The summed E-state index contributed by atoms with van der Waals surface area (Å²) in [4.78, 5) is 8.41. The van der Waals surface area contributed by atoms with Gasteiger partial charge in [0.2, 0.25) is 0 Å². The summed E-state index contributed by atoms with van der Waals surface area (Å²) in [5.74, 6) is 1.04. The van der Waals surface area contributed by atoms with Crippen molar-refractivity contribution in [3.63, 3.8) is 0 Å². The highest BCUT2D eigenvalue weighted by atomic mass is 15.3. The predicted octanol–water partition coefficient (Wildman–Crippen LogP) is 1.46. The Morgan fingerprint density at radius 2 is 2.00 bits per heavy atom. The lowest BCUT2D eigenvalue weighted by atomic mass is 10.0. The Morgan fingerprint density at radius 1 is 1.21 bits per heavy atom. The zero-order chi connectivity index (χ0) is 13.5. The standard InChI is InChI=1S/C14H21N5/c1-3-16-13(9-12-5-7-15-8-6-12)10-14-17-11-18-19(14)4-2/h5-8,11,13,16H,3-4,9-10H2,1-2H3. The summed E-state index contributed by atoms with van der Waals surface area (Å²) in [6.07, 6.45) is 7.19. The third-order valence-electron chi connectivity index (χ3n) is 3.15. The Hall–Kier alpha value is -1.75. The van der Waals surface area contributed by atoms with E-state index in [1.54, 1.807) is 6.33 Å². The molecule has 2 aromatic rings. The van der Waals surface area contributed by atoms with Crippen LogP contribution in [0.25, 0.3) is 0 Å². The number of rotatable bonds is 7.